The molecule has 2 heterocycles. The van der Waals surface area contributed by atoms with Gasteiger partial charge < -0.3 is 24.8 Å². The van der Waals surface area contributed by atoms with Gasteiger partial charge in [-0.05, 0) is 51.5 Å². The minimum absolute atomic E-state index is 0.0715. The molecule has 6 atom stereocenters. The van der Waals surface area contributed by atoms with Crippen LogP contribution in [0.3, 0.4) is 0 Å². The molecule has 0 bridgehead atoms. The van der Waals surface area contributed by atoms with Crippen LogP contribution in [0.4, 0.5) is 10.5 Å². The largest absolute Gasteiger partial charge is 0.379 e. The minimum Gasteiger partial charge on any atom is -0.379 e. The van der Waals surface area contributed by atoms with Crippen LogP contribution in [-0.4, -0.2) is 49.2 Å². The van der Waals surface area contributed by atoms with Gasteiger partial charge in [-0.1, -0.05) is 48.0 Å². The standard InChI is InChI=1S/C27H34N2O4/c1-17(2)12-13-22-26(3,33-22)24-23(31-4)21(14-15-27(24)16-32-27)29-25(30)28-20-11-7-9-18-8-5-6-10-19(18)20/h5-12,21-24H,13-16H2,1-4H3,(H2,28,29,30)/t21-,22-,23-,24-,26+,27+/m1/s1. The maximum Gasteiger partial charge on any atom is 0.319 e. The Morgan fingerprint density at radius 2 is 1.97 bits per heavy atom. The normalized spacial score (nSPS) is 34.7. The minimum atomic E-state index is -0.310. The van der Waals surface area contributed by atoms with E-state index in [1.807, 2.05) is 42.5 Å². The second kappa shape index (κ2) is 8.42. The highest BCUT2D eigenvalue weighted by atomic mass is 16.6. The van der Waals surface area contributed by atoms with E-state index in [0.29, 0.717) is 0 Å². The molecule has 33 heavy (non-hydrogen) atoms. The number of allylic oxidation sites excluding steroid dienone is 1. The Morgan fingerprint density at radius 3 is 2.70 bits per heavy atom. The summed E-state index contributed by atoms with van der Waals surface area (Å²) in [7, 11) is 1.73. The van der Waals surface area contributed by atoms with E-state index in [1.165, 1.54) is 5.57 Å². The van der Waals surface area contributed by atoms with Crippen LogP contribution in [0, 0.1) is 5.92 Å². The first kappa shape index (κ1) is 22.4. The number of benzene rings is 2. The number of methoxy groups -OCH3 is 1. The molecular weight excluding hydrogens is 416 g/mol. The third kappa shape index (κ3) is 4.16. The van der Waals surface area contributed by atoms with Gasteiger partial charge in [-0.2, -0.15) is 0 Å². The summed E-state index contributed by atoms with van der Waals surface area (Å²) in [6, 6.07) is 13.6. The van der Waals surface area contributed by atoms with Gasteiger partial charge in [0.05, 0.1) is 36.1 Å². The first-order chi connectivity index (χ1) is 15.9. The van der Waals surface area contributed by atoms with Crippen LogP contribution < -0.4 is 10.6 Å². The van der Waals surface area contributed by atoms with Gasteiger partial charge in [0.25, 0.3) is 0 Å². The summed E-state index contributed by atoms with van der Waals surface area (Å²) in [6.45, 7) is 7.13. The third-order valence-electron chi connectivity index (χ3n) is 7.65. The second-order valence-corrected chi connectivity index (χ2v) is 10.1. The fourth-order valence-electron chi connectivity index (χ4n) is 5.80. The van der Waals surface area contributed by atoms with Gasteiger partial charge in [-0.15, -0.1) is 0 Å². The van der Waals surface area contributed by atoms with Crippen molar-refractivity contribution in [2.45, 2.75) is 69.5 Å². The molecule has 6 heteroatoms. The molecule has 176 valence electrons. The van der Waals surface area contributed by atoms with Crippen molar-refractivity contribution in [1.82, 2.24) is 5.32 Å². The zero-order chi connectivity index (χ0) is 23.2. The molecule has 2 amide bonds. The SMILES string of the molecule is CO[C@@H]1[C@H](NC(=O)Nc2cccc3ccccc23)CC[C@]2(CO2)[C@H]1[C@@]1(C)O[C@@H]1CC=C(C)C. The lowest BCUT2D eigenvalue weighted by Crippen LogP contribution is -2.59. The Bertz CT molecular complexity index is 1070. The predicted octanol–water partition coefficient (Wildman–Crippen LogP) is 5.04. The zero-order valence-electron chi connectivity index (χ0n) is 19.9. The quantitative estimate of drug-likeness (QED) is 0.478. The van der Waals surface area contributed by atoms with Crippen LogP contribution in [0.5, 0.6) is 0 Å². The van der Waals surface area contributed by atoms with Crippen molar-refractivity contribution in [1.29, 1.82) is 0 Å². The van der Waals surface area contributed by atoms with Gasteiger partial charge in [0.2, 0.25) is 0 Å². The molecule has 2 aromatic carbocycles. The summed E-state index contributed by atoms with van der Waals surface area (Å²) in [6.07, 6.45) is 4.80. The zero-order valence-corrected chi connectivity index (χ0v) is 19.9. The molecule has 2 aromatic rings. The van der Waals surface area contributed by atoms with E-state index in [-0.39, 0.29) is 41.4 Å². The molecule has 2 aliphatic heterocycles. The van der Waals surface area contributed by atoms with E-state index in [1.54, 1.807) is 7.11 Å². The molecule has 5 rings (SSSR count). The molecule has 0 aromatic heterocycles. The number of rotatable bonds is 6. The fraction of sp³-hybridized carbons (Fsp3) is 0.519. The van der Waals surface area contributed by atoms with Crippen LogP contribution >= 0.6 is 0 Å². The van der Waals surface area contributed by atoms with Gasteiger partial charge in [0.1, 0.15) is 5.60 Å². The second-order valence-electron chi connectivity index (χ2n) is 10.1. The number of ether oxygens (including phenoxy) is 3. The number of fused-ring (bicyclic) bond motifs is 1. The van der Waals surface area contributed by atoms with E-state index in [4.69, 9.17) is 14.2 Å². The van der Waals surface area contributed by atoms with Crippen molar-refractivity contribution < 1.29 is 19.0 Å². The summed E-state index contributed by atoms with van der Waals surface area (Å²) in [4.78, 5) is 13.0. The highest BCUT2D eigenvalue weighted by Gasteiger charge is 2.71. The van der Waals surface area contributed by atoms with Gasteiger partial charge in [0, 0.05) is 18.4 Å². The summed E-state index contributed by atoms with van der Waals surface area (Å²) in [5.41, 5.74) is 1.59. The van der Waals surface area contributed by atoms with E-state index in [0.717, 1.165) is 42.3 Å². The Balaban J connectivity index is 1.32. The fourth-order valence-corrected chi connectivity index (χ4v) is 5.80. The van der Waals surface area contributed by atoms with Crippen LogP contribution in [0.2, 0.25) is 0 Å². The highest BCUT2D eigenvalue weighted by molar-refractivity contribution is 6.01. The van der Waals surface area contributed by atoms with Crippen molar-refractivity contribution in [2.75, 3.05) is 19.0 Å². The average Bonchev–Trinajstić information content (AvgIpc) is 3.71. The molecule has 0 radical (unpaired) electrons. The topological polar surface area (TPSA) is 75.4 Å². The summed E-state index contributed by atoms with van der Waals surface area (Å²) in [5.74, 6) is 0.0715. The van der Waals surface area contributed by atoms with Gasteiger partial charge >= 0.3 is 6.03 Å². The van der Waals surface area contributed by atoms with E-state index >= 15 is 0 Å². The molecule has 2 saturated heterocycles. The Labute approximate surface area is 195 Å². The summed E-state index contributed by atoms with van der Waals surface area (Å²) >= 11 is 0. The van der Waals surface area contributed by atoms with Gasteiger partial charge in [0.15, 0.2) is 0 Å². The van der Waals surface area contributed by atoms with Crippen molar-refractivity contribution in [3.05, 3.63) is 54.1 Å². The average molecular weight is 451 g/mol. The molecule has 3 aliphatic rings. The molecule has 0 unspecified atom stereocenters. The van der Waals surface area contributed by atoms with Crippen LogP contribution in [0.15, 0.2) is 54.1 Å². The molecule has 2 N–H and O–H groups in total. The number of nitrogens with one attached hydrogen (secondary N) is 2. The summed E-state index contributed by atoms with van der Waals surface area (Å²) < 4.78 is 18.3. The first-order valence-corrected chi connectivity index (χ1v) is 11.9. The lowest BCUT2D eigenvalue weighted by atomic mass is 9.67. The monoisotopic (exact) mass is 450 g/mol. The molecule has 1 aliphatic carbocycles. The third-order valence-corrected chi connectivity index (χ3v) is 7.65. The Hall–Kier alpha value is -2.41. The number of carbonyl (C=O) groups is 1. The van der Waals surface area contributed by atoms with Crippen molar-refractivity contribution in [3.8, 4) is 0 Å². The molecule has 1 saturated carbocycles. The maximum atomic E-state index is 13.0. The highest BCUT2D eigenvalue weighted by Crippen LogP contribution is 2.59. The Morgan fingerprint density at radius 1 is 1.21 bits per heavy atom. The van der Waals surface area contributed by atoms with Gasteiger partial charge in [-0.25, -0.2) is 4.79 Å². The number of epoxide rings is 2. The number of anilines is 1. The Kier molecular flexibility index (Phi) is 5.71. The van der Waals surface area contributed by atoms with Crippen LogP contribution in [0.1, 0.15) is 40.0 Å². The van der Waals surface area contributed by atoms with E-state index in [2.05, 4.69) is 37.5 Å². The van der Waals surface area contributed by atoms with Crippen molar-refractivity contribution in [3.63, 3.8) is 0 Å². The van der Waals surface area contributed by atoms with E-state index < -0.39 is 0 Å². The first-order valence-electron chi connectivity index (χ1n) is 11.9. The van der Waals surface area contributed by atoms with Crippen LogP contribution in [-0.2, 0) is 14.2 Å². The molecule has 6 nitrogen and oxygen atoms in total. The number of hydrogen-bond acceptors (Lipinski definition) is 4. The molecule has 1 spiro atoms. The predicted molar refractivity (Wildman–Crippen MR) is 129 cm³/mol. The van der Waals surface area contributed by atoms with Crippen LogP contribution in [0.25, 0.3) is 10.8 Å². The molecule has 3 fully saturated rings. The number of hydrogen-bond donors (Lipinski definition) is 2. The van der Waals surface area contributed by atoms with Gasteiger partial charge in [-0.3, -0.25) is 0 Å². The summed E-state index contributed by atoms with van der Waals surface area (Å²) in [5, 5.41) is 8.36. The number of urea groups is 1. The van der Waals surface area contributed by atoms with Crippen molar-refractivity contribution >= 4 is 22.5 Å². The molecular formula is C27H34N2O4. The lowest BCUT2D eigenvalue weighted by molar-refractivity contribution is -0.0651. The number of carbonyl (C=O) groups excluding carboxylic acids is 1. The van der Waals surface area contributed by atoms with Crippen molar-refractivity contribution in [2.24, 2.45) is 5.92 Å². The maximum absolute atomic E-state index is 13.0. The number of amides is 2. The smallest absolute Gasteiger partial charge is 0.319 e. The van der Waals surface area contributed by atoms with E-state index in [9.17, 15) is 4.79 Å². The lowest BCUT2D eigenvalue weighted by Gasteiger charge is -2.43.